The molecular formula is C23H18N4O. The Morgan fingerprint density at radius 2 is 1.86 bits per heavy atom. The van der Waals surface area contributed by atoms with E-state index in [0.29, 0.717) is 5.56 Å². The first kappa shape index (κ1) is 16.3. The number of nitrogens with zero attached hydrogens (tertiary/aromatic N) is 1. The number of benzene rings is 3. The average Bonchev–Trinajstić information content (AvgIpc) is 3.36. The van der Waals surface area contributed by atoms with Crippen LogP contribution in [0.2, 0.25) is 0 Å². The Morgan fingerprint density at radius 1 is 0.964 bits per heavy atom. The van der Waals surface area contributed by atoms with E-state index in [1.54, 1.807) is 6.20 Å². The molecule has 5 rings (SSSR count). The number of aromatic nitrogens is 3. The summed E-state index contributed by atoms with van der Waals surface area (Å²) in [6.45, 7) is 1.98. The predicted octanol–water partition coefficient (Wildman–Crippen LogP) is 5.27. The van der Waals surface area contributed by atoms with Gasteiger partial charge < -0.3 is 10.3 Å². The molecule has 0 bridgehead atoms. The molecule has 136 valence electrons. The second-order valence-electron chi connectivity index (χ2n) is 6.92. The molecule has 3 aromatic carbocycles. The van der Waals surface area contributed by atoms with E-state index in [2.05, 4.69) is 38.7 Å². The minimum atomic E-state index is -0.136. The van der Waals surface area contributed by atoms with E-state index in [1.807, 2.05) is 55.6 Å². The van der Waals surface area contributed by atoms with Gasteiger partial charge in [-0.2, -0.15) is 5.10 Å². The van der Waals surface area contributed by atoms with Crippen LogP contribution in [-0.2, 0) is 0 Å². The Balaban J connectivity index is 1.62. The normalized spacial score (nSPS) is 11.2. The molecule has 5 heteroatoms. The van der Waals surface area contributed by atoms with E-state index < -0.39 is 0 Å². The van der Waals surface area contributed by atoms with Gasteiger partial charge in [-0.1, -0.05) is 29.8 Å². The zero-order valence-electron chi connectivity index (χ0n) is 15.3. The van der Waals surface area contributed by atoms with Gasteiger partial charge in [0.1, 0.15) is 0 Å². The number of carbonyl (C=O) groups excluding carboxylic acids is 1. The highest BCUT2D eigenvalue weighted by Crippen LogP contribution is 2.34. The topological polar surface area (TPSA) is 73.6 Å². The maximum atomic E-state index is 12.8. The molecule has 2 heterocycles. The molecule has 0 unspecified atom stereocenters. The van der Waals surface area contributed by atoms with Gasteiger partial charge in [0.15, 0.2) is 0 Å². The van der Waals surface area contributed by atoms with Gasteiger partial charge in [-0.15, -0.1) is 0 Å². The lowest BCUT2D eigenvalue weighted by atomic mass is 9.99. The summed E-state index contributed by atoms with van der Waals surface area (Å²) in [6, 6.07) is 19.9. The fraction of sp³-hybridized carbons (Fsp3) is 0.0435. The van der Waals surface area contributed by atoms with Gasteiger partial charge in [-0.3, -0.25) is 9.89 Å². The lowest BCUT2D eigenvalue weighted by Gasteiger charge is -2.11. The highest BCUT2D eigenvalue weighted by atomic mass is 16.1. The molecule has 0 atom stereocenters. The highest BCUT2D eigenvalue weighted by molar-refractivity contribution is 6.10. The van der Waals surface area contributed by atoms with Crippen molar-refractivity contribution in [1.82, 2.24) is 15.2 Å². The molecule has 2 aromatic heterocycles. The van der Waals surface area contributed by atoms with Crippen LogP contribution in [0.1, 0.15) is 15.9 Å². The number of anilines is 1. The number of aromatic amines is 2. The molecule has 3 N–H and O–H groups in total. The van der Waals surface area contributed by atoms with Crippen molar-refractivity contribution in [2.75, 3.05) is 5.32 Å². The molecule has 5 nitrogen and oxygen atoms in total. The molecule has 0 fully saturated rings. The molecule has 0 spiro atoms. The van der Waals surface area contributed by atoms with Gasteiger partial charge in [0, 0.05) is 28.0 Å². The summed E-state index contributed by atoms with van der Waals surface area (Å²) < 4.78 is 0. The minimum absolute atomic E-state index is 0.136. The van der Waals surface area contributed by atoms with Crippen molar-refractivity contribution in [3.8, 4) is 11.1 Å². The number of nitrogens with one attached hydrogen (secondary N) is 3. The number of H-pyrrole nitrogens is 2. The van der Waals surface area contributed by atoms with Crippen molar-refractivity contribution in [2.24, 2.45) is 0 Å². The number of aryl methyl sites for hydroxylation is 1. The maximum Gasteiger partial charge on any atom is 0.255 e. The number of rotatable bonds is 3. The van der Waals surface area contributed by atoms with Gasteiger partial charge in [-0.25, -0.2) is 0 Å². The van der Waals surface area contributed by atoms with Crippen LogP contribution < -0.4 is 5.32 Å². The molecule has 0 aliphatic rings. The van der Waals surface area contributed by atoms with Crippen molar-refractivity contribution in [1.29, 1.82) is 0 Å². The molecule has 0 radical (unpaired) electrons. The number of hydrogen-bond donors (Lipinski definition) is 3. The Labute approximate surface area is 161 Å². The van der Waals surface area contributed by atoms with Crippen molar-refractivity contribution in [2.45, 2.75) is 6.92 Å². The highest BCUT2D eigenvalue weighted by Gasteiger charge is 2.13. The molecule has 0 aliphatic heterocycles. The molecule has 1 amide bonds. The smallest absolute Gasteiger partial charge is 0.255 e. The molecular weight excluding hydrogens is 348 g/mol. The van der Waals surface area contributed by atoms with E-state index in [4.69, 9.17) is 0 Å². The fourth-order valence-electron chi connectivity index (χ4n) is 3.63. The largest absolute Gasteiger partial charge is 0.361 e. The lowest BCUT2D eigenvalue weighted by molar-refractivity contribution is 0.102. The van der Waals surface area contributed by atoms with Crippen molar-refractivity contribution in [3.05, 3.63) is 84.2 Å². The summed E-state index contributed by atoms with van der Waals surface area (Å²) in [5.41, 5.74) is 6.49. The zero-order valence-corrected chi connectivity index (χ0v) is 15.3. The van der Waals surface area contributed by atoms with Crippen LogP contribution in [0.3, 0.4) is 0 Å². The number of fused-ring (bicyclic) bond motifs is 2. The second kappa shape index (κ2) is 6.39. The Hall–Kier alpha value is -3.86. The Morgan fingerprint density at radius 3 is 2.75 bits per heavy atom. The van der Waals surface area contributed by atoms with Crippen LogP contribution in [0, 0.1) is 6.92 Å². The van der Waals surface area contributed by atoms with Crippen LogP contribution in [0.5, 0.6) is 0 Å². The summed E-state index contributed by atoms with van der Waals surface area (Å²) in [7, 11) is 0. The quantitative estimate of drug-likeness (QED) is 0.407. The fourth-order valence-corrected chi connectivity index (χ4v) is 3.63. The van der Waals surface area contributed by atoms with E-state index in [-0.39, 0.29) is 5.91 Å². The zero-order chi connectivity index (χ0) is 19.1. The van der Waals surface area contributed by atoms with Gasteiger partial charge in [0.05, 0.1) is 17.4 Å². The maximum absolute atomic E-state index is 12.8. The van der Waals surface area contributed by atoms with Gasteiger partial charge in [0.2, 0.25) is 0 Å². The van der Waals surface area contributed by atoms with Crippen molar-refractivity contribution in [3.63, 3.8) is 0 Å². The molecule has 28 heavy (non-hydrogen) atoms. The minimum Gasteiger partial charge on any atom is -0.361 e. The number of hydrogen-bond acceptors (Lipinski definition) is 2. The standard InChI is InChI=1S/C23H18N4O/c1-14-4-2-5-15(10-14)23(28)26-21-11-16(12-22-19(21)13-25-27-22)17-6-3-7-20-18(17)8-9-24-20/h2-13,24H,1H3,(H,25,27)(H,26,28). The van der Waals surface area contributed by atoms with E-state index >= 15 is 0 Å². The Bertz CT molecular complexity index is 1330. The Kier molecular flexibility index (Phi) is 3.72. The predicted molar refractivity (Wildman–Crippen MR) is 113 cm³/mol. The van der Waals surface area contributed by atoms with Crippen LogP contribution in [0.25, 0.3) is 32.9 Å². The third kappa shape index (κ3) is 2.74. The molecule has 0 saturated carbocycles. The summed E-state index contributed by atoms with van der Waals surface area (Å²) >= 11 is 0. The first-order valence-corrected chi connectivity index (χ1v) is 9.11. The molecule has 0 aliphatic carbocycles. The SMILES string of the molecule is Cc1cccc(C(=O)Nc2cc(-c3cccc4[nH]ccc34)cc3[nH]ncc23)c1. The van der Waals surface area contributed by atoms with E-state index in [1.165, 1.54) is 0 Å². The second-order valence-corrected chi connectivity index (χ2v) is 6.92. The van der Waals surface area contributed by atoms with Gasteiger partial charge in [-0.05, 0) is 54.4 Å². The first-order valence-electron chi connectivity index (χ1n) is 9.11. The van der Waals surface area contributed by atoms with Crippen molar-refractivity contribution >= 4 is 33.4 Å². The summed E-state index contributed by atoms with van der Waals surface area (Å²) in [5.74, 6) is -0.136. The number of amides is 1. The van der Waals surface area contributed by atoms with E-state index in [0.717, 1.165) is 44.2 Å². The summed E-state index contributed by atoms with van der Waals surface area (Å²) in [5, 5.41) is 12.3. The summed E-state index contributed by atoms with van der Waals surface area (Å²) in [4.78, 5) is 16.0. The average molecular weight is 366 g/mol. The first-order chi connectivity index (χ1) is 13.7. The van der Waals surface area contributed by atoms with Crippen LogP contribution >= 0.6 is 0 Å². The van der Waals surface area contributed by atoms with Gasteiger partial charge in [0.25, 0.3) is 5.91 Å². The third-order valence-corrected chi connectivity index (χ3v) is 4.99. The van der Waals surface area contributed by atoms with Crippen LogP contribution in [-0.4, -0.2) is 21.1 Å². The molecule has 0 saturated heterocycles. The molecule has 5 aromatic rings. The number of carbonyl (C=O) groups is 1. The van der Waals surface area contributed by atoms with Crippen molar-refractivity contribution < 1.29 is 4.79 Å². The van der Waals surface area contributed by atoms with E-state index in [9.17, 15) is 4.79 Å². The third-order valence-electron chi connectivity index (χ3n) is 4.99. The summed E-state index contributed by atoms with van der Waals surface area (Å²) in [6.07, 6.45) is 3.67. The monoisotopic (exact) mass is 366 g/mol. The van der Waals surface area contributed by atoms with Gasteiger partial charge >= 0.3 is 0 Å². The lowest BCUT2D eigenvalue weighted by Crippen LogP contribution is -2.12. The van der Waals surface area contributed by atoms with Crippen LogP contribution in [0.4, 0.5) is 5.69 Å². The van der Waals surface area contributed by atoms with Crippen LogP contribution in [0.15, 0.2) is 73.1 Å².